The number of aliphatic hydroxyl groups is 1. The molecule has 2 rings (SSSR count). The lowest BCUT2D eigenvalue weighted by Gasteiger charge is -2.30. The molecule has 1 fully saturated rings. The summed E-state index contributed by atoms with van der Waals surface area (Å²) in [6, 6.07) is 0.458. The summed E-state index contributed by atoms with van der Waals surface area (Å²) in [5.74, 6) is 1.20. The summed E-state index contributed by atoms with van der Waals surface area (Å²) >= 11 is 0. The quantitative estimate of drug-likeness (QED) is 0.572. The van der Waals surface area contributed by atoms with Crippen LogP contribution in [0.5, 0.6) is 0 Å². The van der Waals surface area contributed by atoms with E-state index in [1.807, 2.05) is 0 Å². The number of hydrogen-bond acceptors (Lipinski definition) is 5. The van der Waals surface area contributed by atoms with Crippen molar-refractivity contribution in [2.75, 3.05) is 24.5 Å². The number of nitrogens with one attached hydrogen (secondary N) is 2. The van der Waals surface area contributed by atoms with Crippen LogP contribution in [0.1, 0.15) is 12.7 Å². The predicted octanol–water partition coefficient (Wildman–Crippen LogP) is -0.905. The van der Waals surface area contributed by atoms with Gasteiger partial charge in [0.05, 0.1) is 0 Å². The van der Waals surface area contributed by atoms with Gasteiger partial charge in [-0.15, -0.1) is 5.10 Å². The number of aromatic amines is 1. The van der Waals surface area contributed by atoms with Crippen LogP contribution < -0.4 is 10.2 Å². The Hall–Kier alpha value is -1.14. The van der Waals surface area contributed by atoms with E-state index in [0.717, 1.165) is 19.6 Å². The molecule has 1 unspecified atom stereocenters. The molecule has 3 N–H and O–H groups in total. The van der Waals surface area contributed by atoms with Crippen molar-refractivity contribution in [1.82, 2.24) is 20.5 Å². The summed E-state index contributed by atoms with van der Waals surface area (Å²) in [4.78, 5) is 6.28. The maximum Gasteiger partial charge on any atom is 0.244 e. The van der Waals surface area contributed by atoms with Crippen LogP contribution in [-0.2, 0) is 6.61 Å². The lowest BCUT2D eigenvalue weighted by molar-refractivity contribution is 0.272. The lowest BCUT2D eigenvalue weighted by Crippen LogP contribution is -2.49. The first-order valence-corrected chi connectivity index (χ1v) is 4.80. The second kappa shape index (κ2) is 3.93. The molecule has 1 saturated heterocycles. The molecular weight excluding hydrogens is 182 g/mol. The highest BCUT2D eigenvalue weighted by atomic mass is 16.3. The number of anilines is 1. The zero-order valence-corrected chi connectivity index (χ0v) is 8.19. The third-order valence-corrected chi connectivity index (χ3v) is 2.32. The van der Waals surface area contributed by atoms with Gasteiger partial charge in [0.1, 0.15) is 6.61 Å². The maximum absolute atomic E-state index is 8.84. The number of H-pyrrole nitrogens is 1. The second-order valence-electron chi connectivity index (χ2n) is 3.54. The van der Waals surface area contributed by atoms with E-state index in [2.05, 4.69) is 32.3 Å². The molecule has 1 aromatic heterocycles. The molecule has 1 aliphatic heterocycles. The van der Waals surface area contributed by atoms with Gasteiger partial charge in [-0.1, -0.05) is 0 Å². The van der Waals surface area contributed by atoms with Crippen LogP contribution in [0.25, 0.3) is 0 Å². The van der Waals surface area contributed by atoms with Crippen molar-refractivity contribution in [3.8, 4) is 0 Å². The molecule has 78 valence electrons. The molecule has 0 radical (unpaired) electrons. The molecule has 14 heavy (non-hydrogen) atoms. The minimum absolute atomic E-state index is 0.0886. The SMILES string of the molecule is CC1CN(c2n[nH]c(CO)n2)CCN1. The fourth-order valence-corrected chi connectivity index (χ4v) is 1.61. The number of aromatic nitrogens is 3. The second-order valence-corrected chi connectivity index (χ2v) is 3.54. The first-order valence-electron chi connectivity index (χ1n) is 4.80. The number of piperazine rings is 1. The first kappa shape index (κ1) is 9.42. The summed E-state index contributed by atoms with van der Waals surface area (Å²) in [5.41, 5.74) is 0. The molecular formula is C8H15N5O. The highest BCUT2D eigenvalue weighted by Gasteiger charge is 2.18. The Bertz CT molecular complexity index is 300. The predicted molar refractivity (Wildman–Crippen MR) is 52.0 cm³/mol. The van der Waals surface area contributed by atoms with Gasteiger partial charge in [0, 0.05) is 25.7 Å². The van der Waals surface area contributed by atoms with Crippen LogP contribution >= 0.6 is 0 Å². The molecule has 0 spiro atoms. The standard InChI is InChI=1S/C8H15N5O/c1-6-4-13(3-2-9-6)8-10-7(5-14)11-12-8/h6,9,14H,2-5H2,1H3,(H,10,11,12). The van der Waals surface area contributed by atoms with Crippen LogP contribution in [0, 0.1) is 0 Å². The molecule has 1 aliphatic rings. The number of hydrogen-bond donors (Lipinski definition) is 3. The maximum atomic E-state index is 8.84. The first-order chi connectivity index (χ1) is 6.79. The molecule has 2 heterocycles. The Balaban J connectivity index is 2.06. The normalized spacial score (nSPS) is 22.7. The Morgan fingerprint density at radius 1 is 1.64 bits per heavy atom. The van der Waals surface area contributed by atoms with Crippen molar-refractivity contribution in [2.24, 2.45) is 0 Å². The Kier molecular flexibility index (Phi) is 2.64. The van der Waals surface area contributed by atoms with Crippen LogP contribution in [0.2, 0.25) is 0 Å². The number of nitrogens with zero attached hydrogens (tertiary/aromatic N) is 3. The van der Waals surface area contributed by atoms with Crippen LogP contribution in [-0.4, -0.2) is 46.0 Å². The van der Waals surface area contributed by atoms with Gasteiger partial charge in [-0.05, 0) is 6.92 Å². The largest absolute Gasteiger partial charge is 0.388 e. The molecule has 6 nitrogen and oxygen atoms in total. The summed E-state index contributed by atoms with van der Waals surface area (Å²) in [7, 11) is 0. The average molecular weight is 197 g/mol. The monoisotopic (exact) mass is 197 g/mol. The van der Waals surface area contributed by atoms with Gasteiger partial charge in [0.2, 0.25) is 5.95 Å². The smallest absolute Gasteiger partial charge is 0.244 e. The number of rotatable bonds is 2. The van der Waals surface area contributed by atoms with E-state index in [4.69, 9.17) is 5.11 Å². The summed E-state index contributed by atoms with van der Waals surface area (Å²) in [6.07, 6.45) is 0. The van der Waals surface area contributed by atoms with Crippen molar-refractivity contribution in [2.45, 2.75) is 19.6 Å². The van der Waals surface area contributed by atoms with Gasteiger partial charge in [-0.25, -0.2) is 0 Å². The van der Waals surface area contributed by atoms with Crippen LogP contribution in [0.4, 0.5) is 5.95 Å². The Morgan fingerprint density at radius 2 is 2.50 bits per heavy atom. The third kappa shape index (κ3) is 1.85. The Labute approximate surface area is 82.3 Å². The lowest BCUT2D eigenvalue weighted by atomic mass is 10.2. The van der Waals surface area contributed by atoms with E-state index >= 15 is 0 Å². The summed E-state index contributed by atoms with van der Waals surface area (Å²) in [5, 5.41) is 18.9. The average Bonchev–Trinajstić information content (AvgIpc) is 2.66. The number of aliphatic hydroxyl groups excluding tert-OH is 1. The van der Waals surface area contributed by atoms with Crippen molar-refractivity contribution >= 4 is 5.95 Å². The van der Waals surface area contributed by atoms with Crippen molar-refractivity contribution in [3.05, 3.63) is 5.82 Å². The van der Waals surface area contributed by atoms with Gasteiger partial charge < -0.3 is 15.3 Å². The van der Waals surface area contributed by atoms with Gasteiger partial charge in [0.15, 0.2) is 5.82 Å². The molecule has 1 atom stereocenters. The van der Waals surface area contributed by atoms with Crippen LogP contribution in [0.3, 0.4) is 0 Å². The van der Waals surface area contributed by atoms with Crippen molar-refractivity contribution in [3.63, 3.8) is 0 Å². The molecule has 0 aromatic carbocycles. The highest BCUT2D eigenvalue weighted by Crippen LogP contribution is 2.09. The molecule has 0 amide bonds. The summed E-state index contributed by atoms with van der Waals surface area (Å²) < 4.78 is 0. The van der Waals surface area contributed by atoms with E-state index in [-0.39, 0.29) is 6.61 Å². The van der Waals surface area contributed by atoms with Gasteiger partial charge in [-0.3, -0.25) is 5.10 Å². The minimum atomic E-state index is -0.0886. The van der Waals surface area contributed by atoms with E-state index in [1.165, 1.54) is 0 Å². The topological polar surface area (TPSA) is 77.1 Å². The molecule has 0 bridgehead atoms. The van der Waals surface area contributed by atoms with Gasteiger partial charge in [0.25, 0.3) is 0 Å². The fraction of sp³-hybridized carbons (Fsp3) is 0.750. The van der Waals surface area contributed by atoms with Crippen molar-refractivity contribution < 1.29 is 5.11 Å². The van der Waals surface area contributed by atoms with E-state index in [9.17, 15) is 0 Å². The van der Waals surface area contributed by atoms with Crippen LogP contribution in [0.15, 0.2) is 0 Å². The zero-order valence-electron chi connectivity index (χ0n) is 8.19. The third-order valence-electron chi connectivity index (χ3n) is 2.32. The van der Waals surface area contributed by atoms with Gasteiger partial charge in [-0.2, -0.15) is 4.98 Å². The fourth-order valence-electron chi connectivity index (χ4n) is 1.61. The highest BCUT2D eigenvalue weighted by molar-refractivity contribution is 5.29. The molecule has 6 heteroatoms. The minimum Gasteiger partial charge on any atom is -0.388 e. The van der Waals surface area contributed by atoms with Gasteiger partial charge >= 0.3 is 0 Å². The molecule has 0 aliphatic carbocycles. The van der Waals surface area contributed by atoms with Crippen molar-refractivity contribution in [1.29, 1.82) is 0 Å². The van der Waals surface area contributed by atoms with E-state index in [1.54, 1.807) is 0 Å². The van der Waals surface area contributed by atoms with E-state index in [0.29, 0.717) is 17.8 Å². The zero-order chi connectivity index (χ0) is 9.97. The summed E-state index contributed by atoms with van der Waals surface area (Å²) in [6.45, 7) is 4.81. The van der Waals surface area contributed by atoms with E-state index < -0.39 is 0 Å². The Morgan fingerprint density at radius 3 is 3.14 bits per heavy atom. The molecule has 0 saturated carbocycles. The molecule has 1 aromatic rings.